The van der Waals surface area contributed by atoms with Gasteiger partial charge in [0.15, 0.2) is 9.84 Å². The van der Waals surface area contributed by atoms with Crippen molar-refractivity contribution in [3.05, 3.63) is 35.1 Å². The Balaban J connectivity index is 1.44. The Morgan fingerprint density at radius 2 is 2.20 bits per heavy atom. The molecule has 1 amide bonds. The summed E-state index contributed by atoms with van der Waals surface area (Å²) in [6.45, 7) is 0. The van der Waals surface area contributed by atoms with Crippen LogP contribution in [0.2, 0.25) is 0 Å². The normalized spacial score (nSPS) is 24.6. The van der Waals surface area contributed by atoms with E-state index >= 15 is 0 Å². The van der Waals surface area contributed by atoms with Crippen LogP contribution < -0.4 is 5.32 Å². The van der Waals surface area contributed by atoms with Gasteiger partial charge < -0.3 is 5.32 Å². The minimum Gasteiger partial charge on any atom is -0.352 e. The molecule has 0 bridgehead atoms. The molecule has 2 aromatic heterocycles. The summed E-state index contributed by atoms with van der Waals surface area (Å²) >= 11 is 1.63. The molecule has 2 aliphatic rings. The van der Waals surface area contributed by atoms with E-state index in [0.717, 1.165) is 34.0 Å². The van der Waals surface area contributed by atoms with Gasteiger partial charge in [0, 0.05) is 34.8 Å². The maximum absolute atomic E-state index is 12.5. The van der Waals surface area contributed by atoms with Gasteiger partial charge in [-0.25, -0.2) is 13.4 Å². The zero-order chi connectivity index (χ0) is 17.4. The molecular formula is C17H19N3O3S2. The van der Waals surface area contributed by atoms with Crippen LogP contribution in [0.25, 0.3) is 10.6 Å². The Bertz CT molecular complexity index is 893. The number of nitrogens with one attached hydrogen (secondary N) is 1. The Labute approximate surface area is 150 Å². The lowest BCUT2D eigenvalue weighted by molar-refractivity contribution is -0.125. The summed E-state index contributed by atoms with van der Waals surface area (Å²) in [6, 6.07) is 3.65. The first-order chi connectivity index (χ1) is 12.0. The number of aryl methyl sites for hydroxylation is 1. The van der Waals surface area contributed by atoms with E-state index in [-0.39, 0.29) is 29.4 Å². The number of pyridine rings is 1. The standard InChI is InChI=1S/C17H19N3O3S2/c21-16(19-13-5-7-25(22,23)10-13)11-3-4-14-15(8-11)24-17(20-14)12-2-1-6-18-9-12/h1-2,6,9,11,13H,3-5,7-8,10H2,(H,19,21). The lowest BCUT2D eigenvalue weighted by Crippen LogP contribution is -2.41. The number of nitrogens with zero attached hydrogens (tertiary/aromatic N) is 2. The van der Waals surface area contributed by atoms with Gasteiger partial charge in [0.25, 0.3) is 0 Å². The van der Waals surface area contributed by atoms with Crippen molar-refractivity contribution in [2.45, 2.75) is 31.7 Å². The number of aromatic nitrogens is 2. The van der Waals surface area contributed by atoms with Gasteiger partial charge in [-0.2, -0.15) is 0 Å². The fraction of sp³-hybridized carbons (Fsp3) is 0.471. The third-order valence-electron chi connectivity index (χ3n) is 4.80. The summed E-state index contributed by atoms with van der Waals surface area (Å²) in [5.41, 5.74) is 2.08. The summed E-state index contributed by atoms with van der Waals surface area (Å²) in [6.07, 6.45) is 6.29. The van der Waals surface area contributed by atoms with Crippen molar-refractivity contribution in [2.24, 2.45) is 5.92 Å². The van der Waals surface area contributed by atoms with Crippen LogP contribution >= 0.6 is 11.3 Å². The van der Waals surface area contributed by atoms with Crippen molar-refractivity contribution in [1.29, 1.82) is 0 Å². The molecule has 2 atom stereocenters. The summed E-state index contributed by atoms with van der Waals surface area (Å²) < 4.78 is 23.1. The van der Waals surface area contributed by atoms with Crippen LogP contribution in [0.15, 0.2) is 24.5 Å². The maximum atomic E-state index is 12.5. The van der Waals surface area contributed by atoms with Crippen molar-refractivity contribution in [3.63, 3.8) is 0 Å². The highest BCUT2D eigenvalue weighted by atomic mass is 32.2. The van der Waals surface area contributed by atoms with Gasteiger partial charge in [0.1, 0.15) is 5.01 Å². The minimum atomic E-state index is -2.98. The first-order valence-corrected chi connectivity index (χ1v) is 11.0. The monoisotopic (exact) mass is 377 g/mol. The summed E-state index contributed by atoms with van der Waals surface area (Å²) in [5.74, 6) is 0.125. The number of carbonyl (C=O) groups is 1. The van der Waals surface area contributed by atoms with Crippen LogP contribution in [0, 0.1) is 5.92 Å². The van der Waals surface area contributed by atoms with E-state index in [1.807, 2.05) is 12.1 Å². The maximum Gasteiger partial charge on any atom is 0.223 e. The highest BCUT2D eigenvalue weighted by Gasteiger charge is 2.33. The highest BCUT2D eigenvalue weighted by Crippen LogP contribution is 2.34. The first kappa shape index (κ1) is 16.7. The van der Waals surface area contributed by atoms with E-state index in [1.165, 1.54) is 0 Å². The number of sulfone groups is 1. The Kier molecular flexibility index (Phi) is 4.33. The smallest absolute Gasteiger partial charge is 0.223 e. The van der Waals surface area contributed by atoms with Crippen molar-refractivity contribution >= 4 is 27.1 Å². The molecule has 3 heterocycles. The fourth-order valence-corrected chi connectivity index (χ4v) is 6.29. The van der Waals surface area contributed by atoms with Crippen molar-refractivity contribution in [1.82, 2.24) is 15.3 Å². The highest BCUT2D eigenvalue weighted by molar-refractivity contribution is 7.91. The molecule has 132 valence electrons. The molecule has 0 saturated carbocycles. The number of fused-ring (bicyclic) bond motifs is 1. The molecule has 4 rings (SSSR count). The average molecular weight is 377 g/mol. The molecule has 8 heteroatoms. The van der Waals surface area contributed by atoms with E-state index < -0.39 is 9.84 Å². The molecule has 0 radical (unpaired) electrons. The molecule has 0 spiro atoms. The van der Waals surface area contributed by atoms with E-state index in [9.17, 15) is 13.2 Å². The topological polar surface area (TPSA) is 89.0 Å². The molecule has 6 nitrogen and oxygen atoms in total. The second-order valence-corrected chi connectivity index (χ2v) is 9.99. The van der Waals surface area contributed by atoms with Crippen LogP contribution in [0.4, 0.5) is 0 Å². The summed E-state index contributed by atoms with van der Waals surface area (Å²) in [5, 5.41) is 3.88. The molecular weight excluding hydrogens is 358 g/mol. The van der Waals surface area contributed by atoms with Crippen molar-refractivity contribution in [2.75, 3.05) is 11.5 Å². The van der Waals surface area contributed by atoms with Gasteiger partial charge in [-0.3, -0.25) is 9.78 Å². The largest absolute Gasteiger partial charge is 0.352 e. The molecule has 1 aliphatic heterocycles. The van der Waals surface area contributed by atoms with Gasteiger partial charge in [-0.15, -0.1) is 11.3 Å². The molecule has 1 saturated heterocycles. The van der Waals surface area contributed by atoms with Gasteiger partial charge in [-0.05, 0) is 37.8 Å². The third-order valence-corrected chi connectivity index (χ3v) is 7.73. The molecule has 1 N–H and O–H groups in total. The average Bonchev–Trinajstić information content (AvgIpc) is 3.17. The minimum absolute atomic E-state index is 0.0240. The van der Waals surface area contributed by atoms with Crippen LogP contribution in [-0.4, -0.2) is 41.8 Å². The quantitative estimate of drug-likeness (QED) is 0.878. The van der Waals surface area contributed by atoms with Crippen LogP contribution in [0.1, 0.15) is 23.4 Å². The number of hydrogen-bond acceptors (Lipinski definition) is 6. The zero-order valence-corrected chi connectivity index (χ0v) is 15.3. The lowest BCUT2D eigenvalue weighted by Gasteiger charge is -2.22. The number of carbonyl (C=O) groups excluding carboxylic acids is 1. The molecule has 1 fully saturated rings. The Morgan fingerprint density at radius 3 is 2.92 bits per heavy atom. The predicted octanol–water partition coefficient (Wildman–Crippen LogP) is 1.61. The van der Waals surface area contributed by atoms with E-state index in [1.54, 1.807) is 23.7 Å². The number of amides is 1. The van der Waals surface area contributed by atoms with Gasteiger partial charge >= 0.3 is 0 Å². The molecule has 2 aromatic rings. The van der Waals surface area contributed by atoms with E-state index in [2.05, 4.69) is 10.3 Å². The predicted molar refractivity (Wildman–Crippen MR) is 96.1 cm³/mol. The molecule has 2 unspecified atom stereocenters. The second-order valence-electron chi connectivity index (χ2n) is 6.68. The SMILES string of the molecule is O=C(NC1CCS(=O)(=O)C1)C1CCc2nc(-c3cccnc3)sc2C1. The number of thiazole rings is 1. The van der Waals surface area contributed by atoms with Gasteiger partial charge in [0.05, 0.1) is 17.2 Å². The fourth-order valence-electron chi connectivity index (χ4n) is 3.44. The second kappa shape index (κ2) is 6.49. The first-order valence-electron chi connectivity index (χ1n) is 8.40. The third kappa shape index (κ3) is 3.59. The Morgan fingerprint density at radius 1 is 1.32 bits per heavy atom. The van der Waals surface area contributed by atoms with Crippen molar-refractivity contribution in [3.8, 4) is 10.6 Å². The van der Waals surface area contributed by atoms with Gasteiger partial charge in [0.2, 0.25) is 5.91 Å². The summed E-state index contributed by atoms with van der Waals surface area (Å²) in [7, 11) is -2.98. The summed E-state index contributed by atoms with van der Waals surface area (Å²) in [4.78, 5) is 22.5. The molecule has 25 heavy (non-hydrogen) atoms. The van der Waals surface area contributed by atoms with E-state index in [4.69, 9.17) is 4.98 Å². The molecule has 0 aromatic carbocycles. The lowest BCUT2D eigenvalue weighted by atomic mass is 9.90. The van der Waals surface area contributed by atoms with Crippen molar-refractivity contribution < 1.29 is 13.2 Å². The van der Waals surface area contributed by atoms with Crippen LogP contribution in [-0.2, 0) is 27.5 Å². The van der Waals surface area contributed by atoms with Crippen LogP contribution in [0.3, 0.4) is 0 Å². The van der Waals surface area contributed by atoms with E-state index in [0.29, 0.717) is 12.8 Å². The number of hydrogen-bond donors (Lipinski definition) is 1. The number of rotatable bonds is 3. The molecule has 1 aliphatic carbocycles. The Hall–Kier alpha value is -1.80. The van der Waals surface area contributed by atoms with Gasteiger partial charge in [-0.1, -0.05) is 0 Å². The zero-order valence-electron chi connectivity index (χ0n) is 13.6. The van der Waals surface area contributed by atoms with Crippen LogP contribution in [0.5, 0.6) is 0 Å².